The van der Waals surface area contributed by atoms with Crippen molar-refractivity contribution in [2.45, 2.75) is 43.6 Å². The molecule has 0 bridgehead atoms. The van der Waals surface area contributed by atoms with Crippen LogP contribution in [-0.2, 0) is 18.9 Å². The zero-order chi connectivity index (χ0) is 13.3. The number of rotatable bonds is 4. The van der Waals surface area contributed by atoms with Gasteiger partial charge in [0.25, 0.3) is 5.97 Å². The Balaban J connectivity index is 2.04. The van der Waals surface area contributed by atoms with Crippen molar-refractivity contribution in [3.63, 3.8) is 0 Å². The van der Waals surface area contributed by atoms with Crippen molar-refractivity contribution in [2.24, 2.45) is 0 Å². The minimum atomic E-state index is -1.33. The summed E-state index contributed by atoms with van der Waals surface area (Å²) < 4.78 is 21.6. The predicted molar refractivity (Wildman–Crippen MR) is 61.9 cm³/mol. The van der Waals surface area contributed by atoms with Gasteiger partial charge in [0.05, 0.1) is 13.2 Å². The van der Waals surface area contributed by atoms with Gasteiger partial charge in [0.1, 0.15) is 24.4 Å². The van der Waals surface area contributed by atoms with Gasteiger partial charge in [0.15, 0.2) is 6.29 Å². The van der Waals surface area contributed by atoms with Gasteiger partial charge in [-0.2, -0.15) is 0 Å². The van der Waals surface area contributed by atoms with E-state index in [0.717, 1.165) is 0 Å². The largest absolute Gasteiger partial charge is 0.394 e. The van der Waals surface area contributed by atoms with E-state index in [9.17, 15) is 10.2 Å². The van der Waals surface area contributed by atoms with Gasteiger partial charge in [0.2, 0.25) is 0 Å². The lowest BCUT2D eigenvalue weighted by molar-refractivity contribution is -0.342. The van der Waals surface area contributed by atoms with Gasteiger partial charge < -0.3 is 29.5 Å². The second kappa shape index (κ2) is 5.68. The van der Waals surface area contributed by atoms with Crippen LogP contribution >= 0.6 is 15.9 Å². The second-order valence-electron chi connectivity index (χ2n) is 4.31. The van der Waals surface area contributed by atoms with Gasteiger partial charge in [-0.05, 0) is 0 Å². The van der Waals surface area contributed by atoms with Crippen LogP contribution in [0.15, 0.2) is 0 Å². The molecule has 6 atom stereocenters. The lowest BCUT2D eigenvalue weighted by atomic mass is 9.99. The van der Waals surface area contributed by atoms with Crippen LogP contribution in [-0.4, -0.2) is 70.5 Å². The molecule has 2 fully saturated rings. The lowest BCUT2D eigenvalue weighted by Crippen LogP contribution is -2.57. The fourth-order valence-electron chi connectivity index (χ4n) is 2.05. The Morgan fingerprint density at radius 2 is 2.00 bits per heavy atom. The zero-order valence-electron chi connectivity index (χ0n) is 9.86. The molecule has 2 rings (SSSR count). The van der Waals surface area contributed by atoms with E-state index in [4.69, 9.17) is 24.1 Å². The second-order valence-corrected chi connectivity index (χ2v) is 5.10. The average Bonchev–Trinajstić information content (AvgIpc) is 2.69. The molecular formula is C10H17BrO7. The first-order valence-corrected chi connectivity index (χ1v) is 6.81. The number of alkyl halides is 1. The molecular weight excluding hydrogens is 312 g/mol. The Morgan fingerprint density at radius 3 is 2.61 bits per heavy atom. The molecule has 1 unspecified atom stereocenters. The van der Waals surface area contributed by atoms with Crippen LogP contribution in [0.1, 0.15) is 6.92 Å². The molecule has 0 spiro atoms. The summed E-state index contributed by atoms with van der Waals surface area (Å²) in [5.74, 6) is -1.33. The molecule has 2 heterocycles. The number of halogens is 1. The van der Waals surface area contributed by atoms with Gasteiger partial charge in [-0.15, -0.1) is 0 Å². The SMILES string of the molecule is CC1(OCCBr)O[C@H]2O[C@H](CO)[C@@H](O)[C@H](O)[C@@H]2O1. The highest BCUT2D eigenvalue weighted by molar-refractivity contribution is 9.09. The Kier molecular flexibility index (Phi) is 4.61. The maximum atomic E-state index is 9.90. The van der Waals surface area contributed by atoms with Crippen molar-refractivity contribution in [2.75, 3.05) is 18.5 Å². The van der Waals surface area contributed by atoms with Crippen LogP contribution in [0.3, 0.4) is 0 Å². The van der Waals surface area contributed by atoms with Crippen LogP contribution in [0, 0.1) is 0 Å². The highest BCUT2D eigenvalue weighted by Gasteiger charge is 2.55. The van der Waals surface area contributed by atoms with E-state index in [1.165, 1.54) is 0 Å². The molecule has 0 amide bonds. The average molecular weight is 329 g/mol. The normalized spacial score (nSPS) is 48.2. The van der Waals surface area contributed by atoms with Crippen LogP contribution in [0.4, 0.5) is 0 Å². The lowest BCUT2D eigenvalue weighted by Gasteiger charge is -2.36. The molecule has 0 aromatic heterocycles. The van der Waals surface area contributed by atoms with Crippen molar-refractivity contribution < 1.29 is 34.3 Å². The van der Waals surface area contributed by atoms with Crippen molar-refractivity contribution in [1.29, 1.82) is 0 Å². The monoisotopic (exact) mass is 328 g/mol. The van der Waals surface area contributed by atoms with Gasteiger partial charge in [-0.25, -0.2) is 0 Å². The van der Waals surface area contributed by atoms with Gasteiger partial charge in [0, 0.05) is 12.3 Å². The van der Waals surface area contributed by atoms with Gasteiger partial charge >= 0.3 is 0 Å². The Bertz CT molecular complexity index is 291. The quantitative estimate of drug-likeness (QED) is 0.565. The standard InChI is InChI=1S/C10H17BrO7/c1-10(15-3-2-11)17-8-7(14)6(13)5(4-12)16-9(8)18-10/h5-9,12-14H,2-4H2,1H3/t5-,6-,7+,8+,9-,10?/m1/s1. The minimum absolute atomic E-state index is 0.359. The molecule has 2 aliphatic rings. The van der Waals surface area contributed by atoms with Crippen LogP contribution < -0.4 is 0 Å². The summed E-state index contributed by atoms with van der Waals surface area (Å²) in [6, 6.07) is 0. The number of fused-ring (bicyclic) bond motifs is 1. The van der Waals surface area contributed by atoms with Crippen molar-refractivity contribution in [1.82, 2.24) is 0 Å². The Hall–Kier alpha value is 0.200. The summed E-state index contributed by atoms with van der Waals surface area (Å²) in [5, 5.41) is 29.3. The van der Waals surface area contributed by atoms with Crippen molar-refractivity contribution >= 4 is 15.9 Å². The number of aliphatic hydroxyl groups excluding tert-OH is 3. The third-order valence-electron chi connectivity index (χ3n) is 2.95. The summed E-state index contributed by atoms with van der Waals surface area (Å²) in [6.07, 6.45) is -5.04. The number of aliphatic hydroxyl groups is 3. The van der Waals surface area contributed by atoms with E-state index in [1.807, 2.05) is 0 Å². The van der Waals surface area contributed by atoms with E-state index < -0.39 is 43.3 Å². The molecule has 7 nitrogen and oxygen atoms in total. The fraction of sp³-hybridized carbons (Fsp3) is 1.00. The number of hydrogen-bond donors (Lipinski definition) is 3. The van der Waals surface area contributed by atoms with Gasteiger partial charge in [-0.3, -0.25) is 4.74 Å². The first-order chi connectivity index (χ1) is 8.50. The third-order valence-corrected chi connectivity index (χ3v) is 3.27. The smallest absolute Gasteiger partial charge is 0.282 e. The Labute approximate surface area is 113 Å². The highest BCUT2D eigenvalue weighted by Crippen LogP contribution is 2.37. The molecule has 2 saturated heterocycles. The topological polar surface area (TPSA) is 97.6 Å². The first kappa shape index (κ1) is 14.6. The maximum Gasteiger partial charge on any atom is 0.282 e. The minimum Gasteiger partial charge on any atom is -0.394 e. The molecule has 18 heavy (non-hydrogen) atoms. The molecule has 0 aromatic rings. The number of ether oxygens (including phenoxy) is 4. The summed E-state index contributed by atoms with van der Waals surface area (Å²) in [6.45, 7) is 1.51. The maximum absolute atomic E-state index is 9.90. The number of hydrogen-bond acceptors (Lipinski definition) is 7. The Morgan fingerprint density at radius 1 is 1.28 bits per heavy atom. The predicted octanol–water partition coefficient (Wildman–Crippen LogP) is -1.07. The van der Waals surface area contributed by atoms with E-state index in [1.54, 1.807) is 6.92 Å². The van der Waals surface area contributed by atoms with E-state index in [0.29, 0.717) is 11.9 Å². The zero-order valence-corrected chi connectivity index (χ0v) is 11.4. The van der Waals surface area contributed by atoms with Crippen molar-refractivity contribution in [3.8, 4) is 0 Å². The molecule has 0 saturated carbocycles. The summed E-state index contributed by atoms with van der Waals surface area (Å²) >= 11 is 3.21. The van der Waals surface area contributed by atoms with E-state index >= 15 is 0 Å². The summed E-state index contributed by atoms with van der Waals surface area (Å²) in [7, 11) is 0. The molecule has 2 aliphatic heterocycles. The van der Waals surface area contributed by atoms with E-state index in [2.05, 4.69) is 15.9 Å². The van der Waals surface area contributed by atoms with Crippen molar-refractivity contribution in [3.05, 3.63) is 0 Å². The fourth-order valence-corrected chi connectivity index (χ4v) is 2.22. The molecule has 106 valence electrons. The summed E-state index contributed by atoms with van der Waals surface area (Å²) in [4.78, 5) is 0. The van der Waals surface area contributed by atoms with Crippen LogP contribution in [0.25, 0.3) is 0 Å². The molecule has 3 N–H and O–H groups in total. The molecule has 0 aromatic carbocycles. The summed E-state index contributed by atoms with van der Waals surface area (Å²) in [5.41, 5.74) is 0. The van der Waals surface area contributed by atoms with Gasteiger partial charge in [-0.1, -0.05) is 15.9 Å². The van der Waals surface area contributed by atoms with Crippen LogP contribution in [0.2, 0.25) is 0 Å². The molecule has 8 heteroatoms. The van der Waals surface area contributed by atoms with Crippen LogP contribution in [0.5, 0.6) is 0 Å². The first-order valence-electron chi connectivity index (χ1n) is 5.69. The molecule has 0 radical (unpaired) electrons. The molecule has 0 aliphatic carbocycles. The highest BCUT2D eigenvalue weighted by atomic mass is 79.9. The van der Waals surface area contributed by atoms with E-state index in [-0.39, 0.29) is 0 Å². The third kappa shape index (κ3) is 2.70.